The Labute approximate surface area is 200 Å². The third-order valence-electron chi connectivity index (χ3n) is 6.14. The third kappa shape index (κ3) is 3.88. The average Bonchev–Trinajstić information content (AvgIpc) is 3.34. The van der Waals surface area contributed by atoms with Crippen molar-refractivity contribution in [1.82, 2.24) is 23.1 Å². The molecular weight excluding hydrogens is 468 g/mol. The van der Waals surface area contributed by atoms with Gasteiger partial charge in [-0.2, -0.15) is 4.98 Å². The van der Waals surface area contributed by atoms with Crippen molar-refractivity contribution in [3.05, 3.63) is 92.9 Å². The van der Waals surface area contributed by atoms with Gasteiger partial charge in [-0.1, -0.05) is 30.3 Å². The van der Waals surface area contributed by atoms with Gasteiger partial charge in [-0.3, -0.25) is 22.9 Å². The SMILES string of the molecule is Cc1cn2c3c(=O)n(CCCc4ccccc4)c(=O)n(C)c3nc2n1-c1ccc(S(N)(=O)=O)cc1. The Balaban J connectivity index is 1.61. The molecule has 0 atom stereocenters. The number of rotatable bonds is 6. The third-order valence-corrected chi connectivity index (χ3v) is 7.07. The van der Waals surface area contributed by atoms with E-state index in [0.29, 0.717) is 23.4 Å². The summed E-state index contributed by atoms with van der Waals surface area (Å²) in [7, 11) is -2.22. The van der Waals surface area contributed by atoms with Gasteiger partial charge >= 0.3 is 5.69 Å². The lowest BCUT2D eigenvalue weighted by molar-refractivity contribution is 0.572. The van der Waals surface area contributed by atoms with Gasteiger partial charge in [-0.25, -0.2) is 18.4 Å². The first kappa shape index (κ1) is 22.8. The molecular formula is C24H24N6O4S. The molecule has 0 fully saturated rings. The largest absolute Gasteiger partial charge is 0.332 e. The highest BCUT2D eigenvalue weighted by Gasteiger charge is 2.21. The number of benzene rings is 2. The number of sulfonamides is 1. The summed E-state index contributed by atoms with van der Waals surface area (Å²) in [6.07, 6.45) is 3.17. The monoisotopic (exact) mass is 492 g/mol. The quantitative estimate of drug-likeness (QED) is 0.386. The van der Waals surface area contributed by atoms with Crippen LogP contribution in [0.1, 0.15) is 17.7 Å². The number of hydrogen-bond acceptors (Lipinski definition) is 5. The number of aromatic nitrogens is 5. The van der Waals surface area contributed by atoms with Crippen LogP contribution in [-0.4, -0.2) is 31.5 Å². The van der Waals surface area contributed by atoms with E-state index < -0.39 is 21.3 Å². The maximum absolute atomic E-state index is 13.4. The molecule has 0 aliphatic heterocycles. The van der Waals surface area contributed by atoms with Gasteiger partial charge in [0.1, 0.15) is 0 Å². The summed E-state index contributed by atoms with van der Waals surface area (Å²) < 4.78 is 29.3. The van der Waals surface area contributed by atoms with Crippen molar-refractivity contribution in [3.8, 4) is 5.69 Å². The van der Waals surface area contributed by atoms with Crippen molar-refractivity contribution in [1.29, 1.82) is 0 Å². The van der Waals surface area contributed by atoms with Crippen molar-refractivity contribution < 1.29 is 8.42 Å². The van der Waals surface area contributed by atoms with Gasteiger partial charge < -0.3 is 0 Å². The summed E-state index contributed by atoms with van der Waals surface area (Å²) in [5.74, 6) is 0.440. The van der Waals surface area contributed by atoms with Gasteiger partial charge in [0, 0.05) is 31.2 Å². The Morgan fingerprint density at radius 1 is 1.00 bits per heavy atom. The maximum Gasteiger partial charge on any atom is 0.332 e. The number of imidazole rings is 2. The van der Waals surface area contributed by atoms with Gasteiger partial charge in [-0.05, 0) is 49.6 Å². The van der Waals surface area contributed by atoms with Crippen molar-refractivity contribution in [2.75, 3.05) is 0 Å². The minimum Gasteiger partial charge on any atom is -0.283 e. The first-order valence-corrected chi connectivity index (χ1v) is 12.6. The van der Waals surface area contributed by atoms with Crippen LogP contribution in [0.2, 0.25) is 0 Å². The van der Waals surface area contributed by atoms with Crippen LogP contribution in [0.4, 0.5) is 0 Å². The van der Waals surface area contributed by atoms with Crippen LogP contribution in [-0.2, 0) is 30.0 Å². The predicted octanol–water partition coefficient (Wildman–Crippen LogP) is 1.73. The fraction of sp³-hybridized carbons (Fsp3) is 0.208. The summed E-state index contributed by atoms with van der Waals surface area (Å²) in [5.41, 5.74) is 2.35. The molecule has 0 bridgehead atoms. The smallest absolute Gasteiger partial charge is 0.283 e. The second kappa shape index (κ2) is 8.36. The number of hydrogen-bond donors (Lipinski definition) is 1. The lowest BCUT2D eigenvalue weighted by atomic mass is 10.1. The highest BCUT2D eigenvalue weighted by molar-refractivity contribution is 7.89. The minimum absolute atomic E-state index is 0.00336. The number of aryl methyl sites for hydroxylation is 3. The van der Waals surface area contributed by atoms with E-state index in [-0.39, 0.29) is 17.1 Å². The second-order valence-electron chi connectivity index (χ2n) is 8.49. The van der Waals surface area contributed by atoms with Gasteiger partial charge in [0.15, 0.2) is 11.2 Å². The van der Waals surface area contributed by atoms with E-state index in [0.717, 1.165) is 17.7 Å². The summed E-state index contributed by atoms with van der Waals surface area (Å²) >= 11 is 0. The lowest BCUT2D eigenvalue weighted by Crippen LogP contribution is -2.39. The molecule has 0 aliphatic rings. The number of nitrogens with zero attached hydrogens (tertiary/aromatic N) is 5. The molecule has 0 spiro atoms. The van der Waals surface area contributed by atoms with Crippen LogP contribution >= 0.6 is 0 Å². The van der Waals surface area contributed by atoms with E-state index in [1.807, 2.05) is 37.3 Å². The minimum atomic E-state index is -3.82. The highest BCUT2D eigenvalue weighted by Crippen LogP contribution is 2.22. The Kier molecular flexibility index (Phi) is 5.45. The van der Waals surface area contributed by atoms with Crippen molar-refractivity contribution >= 4 is 27.0 Å². The van der Waals surface area contributed by atoms with Crippen molar-refractivity contribution in [2.24, 2.45) is 12.2 Å². The van der Waals surface area contributed by atoms with Crippen molar-refractivity contribution in [3.63, 3.8) is 0 Å². The van der Waals surface area contributed by atoms with E-state index in [1.165, 1.54) is 21.3 Å². The molecule has 35 heavy (non-hydrogen) atoms. The number of primary sulfonamides is 1. The standard InChI is InChI=1S/C24H24N6O4S/c1-16-15-29-20-21(26-23(29)30(16)18-10-12-19(13-11-18)35(25,33)34)27(2)24(32)28(22(20)31)14-6-9-17-7-4-3-5-8-17/h3-5,7-8,10-13,15H,6,9,14H2,1-2H3,(H2,25,33,34). The lowest BCUT2D eigenvalue weighted by Gasteiger charge is -2.08. The van der Waals surface area contributed by atoms with Gasteiger partial charge in [0.05, 0.1) is 4.90 Å². The van der Waals surface area contributed by atoms with Crippen LogP contribution in [0, 0.1) is 6.92 Å². The Bertz CT molecular complexity index is 1790. The summed E-state index contributed by atoms with van der Waals surface area (Å²) in [6.45, 7) is 2.15. The molecule has 0 unspecified atom stereocenters. The molecule has 3 heterocycles. The molecule has 2 aromatic carbocycles. The highest BCUT2D eigenvalue weighted by atomic mass is 32.2. The van der Waals surface area contributed by atoms with E-state index >= 15 is 0 Å². The zero-order valence-electron chi connectivity index (χ0n) is 19.2. The molecule has 0 saturated heterocycles. The van der Waals surface area contributed by atoms with Crippen LogP contribution in [0.5, 0.6) is 0 Å². The summed E-state index contributed by atoms with van der Waals surface area (Å²) in [5, 5.41) is 5.21. The van der Waals surface area contributed by atoms with E-state index in [9.17, 15) is 18.0 Å². The number of nitrogens with two attached hydrogens (primary N) is 1. The van der Waals surface area contributed by atoms with E-state index in [1.54, 1.807) is 34.3 Å². The molecule has 0 amide bonds. The zero-order chi connectivity index (χ0) is 24.9. The van der Waals surface area contributed by atoms with Gasteiger partial charge in [0.2, 0.25) is 15.8 Å². The Morgan fingerprint density at radius 2 is 1.69 bits per heavy atom. The molecule has 0 saturated carbocycles. The van der Waals surface area contributed by atoms with Gasteiger partial charge in [0.25, 0.3) is 5.56 Å². The molecule has 0 radical (unpaired) electrons. The fourth-order valence-corrected chi connectivity index (χ4v) is 4.91. The first-order chi connectivity index (χ1) is 16.7. The van der Waals surface area contributed by atoms with E-state index in [4.69, 9.17) is 5.14 Å². The maximum atomic E-state index is 13.4. The molecule has 3 aromatic heterocycles. The fourth-order valence-electron chi connectivity index (χ4n) is 4.40. The summed E-state index contributed by atoms with van der Waals surface area (Å²) in [6, 6.07) is 16.0. The summed E-state index contributed by atoms with van der Waals surface area (Å²) in [4.78, 5) is 31.0. The van der Waals surface area contributed by atoms with E-state index in [2.05, 4.69) is 4.98 Å². The predicted molar refractivity (Wildman–Crippen MR) is 132 cm³/mol. The normalized spacial score (nSPS) is 12.1. The molecule has 5 aromatic rings. The molecule has 10 nitrogen and oxygen atoms in total. The van der Waals surface area contributed by atoms with Crippen LogP contribution in [0.25, 0.3) is 22.6 Å². The van der Waals surface area contributed by atoms with Crippen LogP contribution in [0.3, 0.4) is 0 Å². The Morgan fingerprint density at radius 3 is 2.34 bits per heavy atom. The molecule has 11 heteroatoms. The van der Waals surface area contributed by atoms with Crippen LogP contribution < -0.4 is 16.4 Å². The van der Waals surface area contributed by atoms with Gasteiger partial charge in [-0.15, -0.1) is 0 Å². The van der Waals surface area contributed by atoms with Crippen LogP contribution in [0.15, 0.2) is 75.3 Å². The Hall–Kier alpha value is -3.96. The van der Waals surface area contributed by atoms with Crippen molar-refractivity contribution in [2.45, 2.75) is 31.2 Å². The first-order valence-electron chi connectivity index (χ1n) is 11.0. The molecule has 2 N–H and O–H groups in total. The molecule has 0 aliphatic carbocycles. The average molecular weight is 493 g/mol. The zero-order valence-corrected chi connectivity index (χ0v) is 20.1. The molecule has 180 valence electrons. The second-order valence-corrected chi connectivity index (χ2v) is 10.0. The molecule has 5 rings (SSSR count). The number of fused-ring (bicyclic) bond motifs is 3. The topological polar surface area (TPSA) is 126 Å².